The van der Waals surface area contributed by atoms with Crippen LogP contribution in [0.1, 0.15) is 56.9 Å². The highest BCUT2D eigenvalue weighted by Crippen LogP contribution is 2.69. The van der Waals surface area contributed by atoms with Crippen molar-refractivity contribution in [2.24, 2.45) is 17.3 Å². The number of nitrogens with one attached hydrogen (secondary N) is 1. The molecule has 8 atom stereocenters. The summed E-state index contributed by atoms with van der Waals surface area (Å²) in [6, 6.07) is 9.02. The summed E-state index contributed by atoms with van der Waals surface area (Å²) in [4.78, 5) is 4.35. The van der Waals surface area contributed by atoms with E-state index in [1.807, 2.05) is 19.4 Å². The Labute approximate surface area is 207 Å². The molecule has 5 aliphatic rings. The Kier molecular flexibility index (Phi) is 4.74. The third-order valence-electron chi connectivity index (χ3n) is 10.5. The summed E-state index contributed by atoms with van der Waals surface area (Å²) in [5.74, 6) is 0.935. The fraction of sp³-hybridized carbons (Fsp3) is 0.567. The van der Waals surface area contributed by atoms with Gasteiger partial charge in [-0.25, -0.2) is 0 Å². The molecule has 0 amide bonds. The van der Waals surface area contributed by atoms with Crippen molar-refractivity contribution < 1.29 is 14.9 Å². The zero-order valence-corrected chi connectivity index (χ0v) is 20.7. The average Bonchev–Trinajstić information content (AvgIpc) is 3.38. The summed E-state index contributed by atoms with van der Waals surface area (Å²) >= 11 is 0. The molecular weight excluding hydrogens is 436 g/mol. The minimum atomic E-state index is -0.852. The molecule has 1 aromatic heterocycles. The van der Waals surface area contributed by atoms with Gasteiger partial charge in [0.1, 0.15) is 6.10 Å². The van der Waals surface area contributed by atoms with Crippen LogP contribution in [0, 0.1) is 17.3 Å². The van der Waals surface area contributed by atoms with Crippen LogP contribution in [0.15, 0.2) is 60.0 Å². The molecule has 2 aliphatic heterocycles. The Morgan fingerprint density at radius 3 is 2.89 bits per heavy atom. The molecular formula is C30H36N2O3. The zero-order chi connectivity index (χ0) is 24.0. The number of pyridine rings is 1. The third-order valence-corrected chi connectivity index (χ3v) is 10.5. The minimum Gasteiger partial charge on any atom is -0.390 e. The molecule has 3 heterocycles. The number of benzene rings is 1. The molecule has 1 saturated heterocycles. The lowest BCUT2D eigenvalue weighted by molar-refractivity contribution is -0.163. The maximum atomic E-state index is 11.1. The van der Waals surface area contributed by atoms with Crippen molar-refractivity contribution >= 4 is 10.8 Å². The lowest BCUT2D eigenvalue weighted by Gasteiger charge is -2.55. The van der Waals surface area contributed by atoms with Crippen molar-refractivity contribution in [1.29, 1.82) is 0 Å². The Bertz CT molecular complexity index is 1260. The first-order valence-electron chi connectivity index (χ1n) is 13.4. The lowest BCUT2D eigenvalue weighted by atomic mass is 9.58. The van der Waals surface area contributed by atoms with Gasteiger partial charge in [-0.05, 0) is 97.1 Å². The summed E-state index contributed by atoms with van der Waals surface area (Å²) in [5.41, 5.74) is 3.02. The van der Waals surface area contributed by atoms with E-state index in [0.29, 0.717) is 18.4 Å². The second-order valence-electron chi connectivity index (χ2n) is 12.1. The molecule has 2 bridgehead atoms. The number of aromatic nitrogens is 1. The Hall–Kier alpha value is -2.05. The molecule has 2 aromatic rings. The first kappa shape index (κ1) is 22.2. The van der Waals surface area contributed by atoms with Crippen LogP contribution in [0.2, 0.25) is 0 Å². The Morgan fingerprint density at radius 2 is 2.03 bits per heavy atom. The molecule has 3 aliphatic carbocycles. The Balaban J connectivity index is 1.28. The normalized spacial score (nSPS) is 43.8. The van der Waals surface area contributed by atoms with Crippen molar-refractivity contribution in [1.82, 2.24) is 10.3 Å². The van der Waals surface area contributed by atoms with Crippen molar-refractivity contribution in [3.05, 3.63) is 65.5 Å². The van der Waals surface area contributed by atoms with E-state index in [1.165, 1.54) is 28.3 Å². The molecule has 5 nitrogen and oxygen atoms in total. The van der Waals surface area contributed by atoms with E-state index in [-0.39, 0.29) is 16.9 Å². The van der Waals surface area contributed by atoms with Crippen molar-refractivity contribution in [3.8, 4) is 0 Å². The van der Waals surface area contributed by atoms with Gasteiger partial charge in [-0.2, -0.15) is 0 Å². The van der Waals surface area contributed by atoms with E-state index >= 15 is 0 Å². The number of aliphatic hydroxyl groups is 2. The molecule has 2 spiro atoms. The summed E-state index contributed by atoms with van der Waals surface area (Å²) in [6.07, 6.45) is 12.9. The first-order valence-corrected chi connectivity index (χ1v) is 13.4. The molecule has 0 unspecified atom stereocenters. The Morgan fingerprint density at radius 1 is 1.14 bits per heavy atom. The maximum absolute atomic E-state index is 11.1. The van der Waals surface area contributed by atoms with Crippen LogP contribution in [0.25, 0.3) is 10.8 Å². The van der Waals surface area contributed by atoms with Gasteiger partial charge in [-0.15, -0.1) is 0 Å². The molecule has 0 radical (unpaired) electrons. The predicted octanol–water partition coefficient (Wildman–Crippen LogP) is 4.25. The monoisotopic (exact) mass is 472 g/mol. The van der Waals surface area contributed by atoms with Crippen LogP contribution in [0.5, 0.6) is 0 Å². The topological polar surface area (TPSA) is 74.6 Å². The molecule has 5 heteroatoms. The predicted molar refractivity (Wildman–Crippen MR) is 136 cm³/mol. The fourth-order valence-electron chi connectivity index (χ4n) is 8.89. The second kappa shape index (κ2) is 7.48. The van der Waals surface area contributed by atoms with Crippen molar-refractivity contribution in [3.63, 3.8) is 0 Å². The number of aliphatic hydroxyl groups excluding tert-OH is 2. The summed E-state index contributed by atoms with van der Waals surface area (Å²) in [5, 5.41) is 27.6. The van der Waals surface area contributed by atoms with Gasteiger partial charge in [-0.3, -0.25) is 4.98 Å². The third kappa shape index (κ3) is 2.87. The van der Waals surface area contributed by atoms with Crippen LogP contribution in [-0.4, -0.2) is 52.2 Å². The van der Waals surface area contributed by atoms with Gasteiger partial charge in [0.25, 0.3) is 0 Å². The van der Waals surface area contributed by atoms with Crippen LogP contribution in [-0.2, 0) is 4.74 Å². The standard InChI is InChI=1S/C30H36N2O3/c1-28-9-7-22-14-24-27(34)26(33)21(16-31-2)15-29(24)10-11-30(22,35-29)25(28)6-5-23(28)19-4-3-18-8-12-32-17-20(18)13-19/h3-4,7-8,12-14,17,21,23,25-27,31,33-34H,5-6,9-11,15-16H2,1-2H3/t21-,23+,25+,26+,27-,28+,29+,30+/m0/s1. The molecule has 3 N–H and O–H groups in total. The summed E-state index contributed by atoms with van der Waals surface area (Å²) in [6.45, 7) is 3.17. The maximum Gasteiger partial charge on any atom is 0.104 e. The molecule has 7 rings (SSSR count). The van der Waals surface area contributed by atoms with Crippen LogP contribution >= 0.6 is 0 Å². The van der Waals surface area contributed by atoms with E-state index in [0.717, 1.165) is 37.7 Å². The van der Waals surface area contributed by atoms with E-state index in [2.05, 4.69) is 53.6 Å². The minimum absolute atomic E-state index is 0.00894. The highest BCUT2D eigenvalue weighted by Gasteiger charge is 2.68. The molecule has 1 aromatic carbocycles. The second-order valence-corrected chi connectivity index (χ2v) is 12.1. The molecule has 2 saturated carbocycles. The van der Waals surface area contributed by atoms with Gasteiger partial charge in [0.2, 0.25) is 0 Å². The van der Waals surface area contributed by atoms with E-state index in [4.69, 9.17) is 4.74 Å². The number of ether oxygens (including phenoxy) is 1. The smallest absolute Gasteiger partial charge is 0.104 e. The highest BCUT2D eigenvalue weighted by atomic mass is 16.5. The fourth-order valence-corrected chi connectivity index (χ4v) is 8.89. The SMILES string of the molecule is CNC[C@@H]1C[C@@]23CC[C@@]4(O2)C(=CC[C@]2(C)[C@@H](c5ccc6ccncc6c5)CC[C@H]24)C=C3[C@H](O)[C@@H]1O. The number of fused-ring (bicyclic) bond motifs is 2. The number of hydrogen-bond acceptors (Lipinski definition) is 5. The van der Waals surface area contributed by atoms with Gasteiger partial charge < -0.3 is 20.3 Å². The zero-order valence-electron chi connectivity index (χ0n) is 20.7. The molecule has 184 valence electrons. The van der Waals surface area contributed by atoms with Crippen LogP contribution < -0.4 is 5.32 Å². The van der Waals surface area contributed by atoms with Gasteiger partial charge in [0.15, 0.2) is 0 Å². The van der Waals surface area contributed by atoms with Crippen molar-refractivity contribution in [2.45, 2.75) is 74.8 Å². The summed E-state index contributed by atoms with van der Waals surface area (Å²) in [7, 11) is 1.91. The molecule has 35 heavy (non-hydrogen) atoms. The number of hydrogen-bond donors (Lipinski definition) is 3. The number of allylic oxidation sites excluding steroid dienone is 1. The van der Waals surface area contributed by atoms with E-state index in [1.54, 1.807) is 0 Å². The van der Waals surface area contributed by atoms with Gasteiger partial charge >= 0.3 is 0 Å². The van der Waals surface area contributed by atoms with Gasteiger partial charge in [0.05, 0.1) is 17.3 Å². The van der Waals surface area contributed by atoms with E-state index < -0.39 is 17.8 Å². The average molecular weight is 473 g/mol. The summed E-state index contributed by atoms with van der Waals surface area (Å²) < 4.78 is 7.26. The largest absolute Gasteiger partial charge is 0.390 e. The highest BCUT2D eigenvalue weighted by molar-refractivity contribution is 5.82. The number of nitrogens with zero attached hydrogens (tertiary/aromatic N) is 1. The first-order chi connectivity index (χ1) is 16.9. The molecule has 3 fully saturated rings. The van der Waals surface area contributed by atoms with E-state index in [9.17, 15) is 10.2 Å². The number of rotatable bonds is 3. The van der Waals surface area contributed by atoms with Crippen LogP contribution in [0.3, 0.4) is 0 Å². The quantitative estimate of drug-likeness (QED) is 0.623. The van der Waals surface area contributed by atoms with Gasteiger partial charge in [0, 0.05) is 30.2 Å². The lowest BCUT2D eigenvalue weighted by Crippen LogP contribution is -2.59. The van der Waals surface area contributed by atoms with Crippen molar-refractivity contribution in [2.75, 3.05) is 13.6 Å². The van der Waals surface area contributed by atoms with Crippen LogP contribution in [0.4, 0.5) is 0 Å². The van der Waals surface area contributed by atoms with Gasteiger partial charge in [-0.1, -0.05) is 31.2 Å².